The van der Waals surface area contributed by atoms with E-state index in [1.165, 1.54) is 0 Å². The lowest BCUT2D eigenvalue weighted by Crippen LogP contribution is -2.00. The number of aromatic nitrogens is 3. The van der Waals surface area contributed by atoms with Crippen LogP contribution in [0.2, 0.25) is 0 Å². The van der Waals surface area contributed by atoms with Crippen LogP contribution in [-0.4, -0.2) is 14.4 Å². The number of nitrogens with two attached hydrogens (primary N) is 1. The van der Waals surface area contributed by atoms with Crippen LogP contribution in [-0.2, 0) is 12.8 Å². The molecule has 4 nitrogen and oxygen atoms in total. The highest BCUT2D eigenvalue weighted by atomic mass is 19.1. The largest absolute Gasteiger partial charge is 0.382 e. The van der Waals surface area contributed by atoms with Gasteiger partial charge in [0.1, 0.15) is 28.7 Å². The zero-order chi connectivity index (χ0) is 15.4. The third-order valence-corrected chi connectivity index (χ3v) is 4.41. The zero-order valence-corrected chi connectivity index (χ0v) is 12.7. The highest BCUT2D eigenvalue weighted by Gasteiger charge is 2.22. The highest BCUT2D eigenvalue weighted by molar-refractivity contribution is 5.86. The van der Waals surface area contributed by atoms with Gasteiger partial charge in [0.15, 0.2) is 0 Å². The number of aryl methyl sites for hydroxylation is 3. The molecule has 1 aromatic carbocycles. The van der Waals surface area contributed by atoms with E-state index in [9.17, 15) is 4.39 Å². The molecule has 22 heavy (non-hydrogen) atoms. The molecule has 2 heterocycles. The van der Waals surface area contributed by atoms with Gasteiger partial charge in [0.05, 0.1) is 5.69 Å². The Kier molecular flexibility index (Phi) is 2.73. The van der Waals surface area contributed by atoms with E-state index in [-0.39, 0.29) is 5.82 Å². The van der Waals surface area contributed by atoms with Crippen molar-refractivity contribution in [1.82, 2.24) is 14.4 Å². The molecule has 0 saturated heterocycles. The van der Waals surface area contributed by atoms with Gasteiger partial charge in [-0.1, -0.05) is 6.07 Å². The van der Waals surface area contributed by atoms with Gasteiger partial charge in [-0.25, -0.2) is 14.4 Å². The second-order valence-electron chi connectivity index (χ2n) is 5.91. The number of rotatable bonds is 1. The number of nitrogen functional groups attached to an aromatic ring is 1. The lowest BCUT2D eigenvalue weighted by atomic mass is 10.0. The summed E-state index contributed by atoms with van der Waals surface area (Å²) in [6.45, 7) is 3.77. The van der Waals surface area contributed by atoms with E-state index >= 15 is 0 Å². The Labute approximate surface area is 127 Å². The van der Waals surface area contributed by atoms with Crippen LogP contribution in [0, 0.1) is 19.7 Å². The monoisotopic (exact) mass is 296 g/mol. The summed E-state index contributed by atoms with van der Waals surface area (Å²) in [6.07, 6.45) is 4.65. The van der Waals surface area contributed by atoms with Crippen molar-refractivity contribution in [3.63, 3.8) is 0 Å². The summed E-state index contributed by atoms with van der Waals surface area (Å²) in [5, 5.41) is 0. The summed E-state index contributed by atoms with van der Waals surface area (Å²) in [5.41, 5.74) is 10.6. The molecule has 1 aliphatic rings. The van der Waals surface area contributed by atoms with Gasteiger partial charge in [-0.05, 0) is 50.3 Å². The molecule has 3 aromatic rings. The minimum Gasteiger partial charge on any atom is -0.382 e. The smallest absolute Gasteiger partial charge is 0.150 e. The van der Waals surface area contributed by atoms with E-state index in [0.717, 1.165) is 41.9 Å². The van der Waals surface area contributed by atoms with Crippen molar-refractivity contribution in [3.05, 3.63) is 46.8 Å². The van der Waals surface area contributed by atoms with Gasteiger partial charge in [-0.3, -0.25) is 4.40 Å². The summed E-state index contributed by atoms with van der Waals surface area (Å²) < 4.78 is 16.8. The molecule has 0 radical (unpaired) electrons. The number of anilines is 1. The van der Waals surface area contributed by atoms with Crippen molar-refractivity contribution < 1.29 is 4.39 Å². The average molecular weight is 296 g/mol. The van der Waals surface area contributed by atoms with Crippen molar-refractivity contribution >= 4 is 11.3 Å². The second-order valence-corrected chi connectivity index (χ2v) is 5.91. The number of imidazole rings is 1. The first-order valence-electron chi connectivity index (χ1n) is 7.48. The molecular formula is C17H17FN4. The van der Waals surface area contributed by atoms with E-state index in [1.54, 1.807) is 0 Å². The predicted octanol–water partition coefficient (Wildman–Crippen LogP) is 3.22. The molecule has 0 fully saturated rings. The molecule has 2 N–H and O–H groups in total. The summed E-state index contributed by atoms with van der Waals surface area (Å²) in [7, 11) is 0. The van der Waals surface area contributed by atoms with Gasteiger partial charge in [0, 0.05) is 11.8 Å². The topological polar surface area (TPSA) is 56.2 Å². The molecule has 2 aromatic heterocycles. The molecule has 0 amide bonds. The van der Waals surface area contributed by atoms with Crippen molar-refractivity contribution in [2.45, 2.75) is 33.1 Å². The Morgan fingerprint density at radius 2 is 2.00 bits per heavy atom. The first-order valence-corrected chi connectivity index (χ1v) is 7.48. The lowest BCUT2D eigenvalue weighted by Gasteiger charge is -2.08. The molecular weight excluding hydrogens is 279 g/mol. The normalized spacial score (nSPS) is 13.8. The van der Waals surface area contributed by atoms with Gasteiger partial charge < -0.3 is 5.73 Å². The average Bonchev–Trinajstić information content (AvgIpc) is 3.05. The minimum atomic E-state index is -0.157. The maximum Gasteiger partial charge on any atom is 0.150 e. The van der Waals surface area contributed by atoms with E-state index in [1.807, 2.05) is 36.6 Å². The molecule has 0 unspecified atom stereocenters. The van der Waals surface area contributed by atoms with Crippen molar-refractivity contribution in [2.75, 3.05) is 5.73 Å². The number of hydrogen-bond acceptors (Lipinski definition) is 3. The molecule has 0 atom stereocenters. The zero-order valence-electron chi connectivity index (χ0n) is 12.7. The van der Waals surface area contributed by atoms with Crippen LogP contribution in [0.15, 0.2) is 18.3 Å². The summed E-state index contributed by atoms with van der Waals surface area (Å²) >= 11 is 0. The predicted molar refractivity (Wildman–Crippen MR) is 84.3 cm³/mol. The Balaban J connectivity index is 2.04. The van der Waals surface area contributed by atoms with E-state index in [4.69, 9.17) is 5.73 Å². The number of nitrogens with zero attached hydrogens (tertiary/aromatic N) is 3. The maximum absolute atomic E-state index is 14.9. The molecule has 5 heteroatoms. The number of hydrogen-bond donors (Lipinski definition) is 1. The molecule has 4 rings (SSSR count). The first-order chi connectivity index (χ1) is 10.6. The van der Waals surface area contributed by atoms with Gasteiger partial charge in [-0.2, -0.15) is 0 Å². The maximum atomic E-state index is 14.9. The fourth-order valence-electron chi connectivity index (χ4n) is 3.40. The van der Waals surface area contributed by atoms with E-state index in [0.29, 0.717) is 22.6 Å². The van der Waals surface area contributed by atoms with E-state index < -0.39 is 0 Å². The minimum absolute atomic E-state index is 0.157. The third-order valence-electron chi connectivity index (χ3n) is 4.41. The summed E-state index contributed by atoms with van der Waals surface area (Å²) in [5.74, 6) is 1.01. The Hall–Kier alpha value is -2.43. The van der Waals surface area contributed by atoms with Gasteiger partial charge in [0.25, 0.3) is 0 Å². The molecule has 0 spiro atoms. The molecule has 0 saturated carbocycles. The Bertz CT molecular complexity index is 911. The SMILES string of the molecule is Cc1cn2c(C)nc(-c3ccc4c(c3F)CCC4)c2c(N)n1. The molecule has 112 valence electrons. The Morgan fingerprint density at radius 3 is 2.82 bits per heavy atom. The van der Waals surface area contributed by atoms with Gasteiger partial charge >= 0.3 is 0 Å². The van der Waals surface area contributed by atoms with Gasteiger partial charge in [0.2, 0.25) is 0 Å². The van der Waals surface area contributed by atoms with Crippen molar-refractivity contribution in [2.24, 2.45) is 0 Å². The van der Waals surface area contributed by atoms with Gasteiger partial charge in [-0.15, -0.1) is 0 Å². The Morgan fingerprint density at radius 1 is 1.18 bits per heavy atom. The van der Waals surface area contributed by atoms with Crippen molar-refractivity contribution in [3.8, 4) is 11.3 Å². The van der Waals surface area contributed by atoms with Crippen LogP contribution in [0.5, 0.6) is 0 Å². The van der Waals surface area contributed by atoms with E-state index in [2.05, 4.69) is 9.97 Å². The van der Waals surface area contributed by atoms with Crippen LogP contribution in [0.25, 0.3) is 16.8 Å². The number of benzene rings is 1. The standard InChI is InChI=1S/C17H17FN4/c1-9-8-22-10(2)21-15(16(22)17(19)20-9)13-7-6-11-4-3-5-12(11)14(13)18/h6-8H,3-5H2,1-2H3,(H2,19,20). The fourth-order valence-corrected chi connectivity index (χ4v) is 3.40. The van der Waals surface area contributed by atoms with Crippen LogP contribution < -0.4 is 5.73 Å². The van der Waals surface area contributed by atoms with Crippen LogP contribution >= 0.6 is 0 Å². The summed E-state index contributed by atoms with van der Waals surface area (Å²) in [4.78, 5) is 8.85. The summed E-state index contributed by atoms with van der Waals surface area (Å²) in [6, 6.07) is 3.83. The highest BCUT2D eigenvalue weighted by Crippen LogP contribution is 2.35. The van der Waals surface area contributed by atoms with Crippen LogP contribution in [0.3, 0.4) is 0 Å². The van der Waals surface area contributed by atoms with Crippen LogP contribution in [0.4, 0.5) is 10.2 Å². The van der Waals surface area contributed by atoms with Crippen molar-refractivity contribution in [1.29, 1.82) is 0 Å². The molecule has 0 aliphatic heterocycles. The second kappa shape index (κ2) is 4.53. The first kappa shape index (κ1) is 13.2. The number of halogens is 1. The molecule has 1 aliphatic carbocycles. The molecule has 0 bridgehead atoms. The van der Waals surface area contributed by atoms with Crippen LogP contribution in [0.1, 0.15) is 29.1 Å². The lowest BCUT2D eigenvalue weighted by molar-refractivity contribution is 0.616. The third kappa shape index (κ3) is 1.75. The fraction of sp³-hybridized carbons (Fsp3) is 0.294. The quantitative estimate of drug-likeness (QED) is 0.750. The number of fused-ring (bicyclic) bond motifs is 2.